The summed E-state index contributed by atoms with van der Waals surface area (Å²) >= 11 is 0. The molecule has 0 bridgehead atoms. The lowest BCUT2D eigenvalue weighted by Gasteiger charge is -2.25. The number of nitrogens with zero attached hydrogens (tertiary/aromatic N) is 1. The number of fused-ring (bicyclic) bond motifs is 2. The van der Waals surface area contributed by atoms with Gasteiger partial charge in [0.15, 0.2) is 17.4 Å². The van der Waals surface area contributed by atoms with Crippen molar-refractivity contribution in [2.75, 3.05) is 6.61 Å². The summed E-state index contributed by atoms with van der Waals surface area (Å²) in [7, 11) is 0. The van der Waals surface area contributed by atoms with Crippen LogP contribution in [-0.4, -0.2) is 17.4 Å². The molecule has 0 fully saturated rings. The van der Waals surface area contributed by atoms with Crippen LogP contribution < -0.4 is 4.74 Å². The zero-order chi connectivity index (χ0) is 25.2. The summed E-state index contributed by atoms with van der Waals surface area (Å²) in [5.41, 5.74) is 3.06. The summed E-state index contributed by atoms with van der Waals surface area (Å²) in [4.78, 5) is 17.7. The highest BCUT2D eigenvalue weighted by atomic mass is 19.2. The SMILES string of the molecule is CCc1c(C(=O)CCCC2CCOc3ccccc32)cnc2c(-c3cc(F)cc(F)c3F)cccc12. The molecule has 6 heteroatoms. The van der Waals surface area contributed by atoms with Gasteiger partial charge in [-0.05, 0) is 54.9 Å². The molecule has 1 atom stereocenters. The predicted molar refractivity (Wildman–Crippen MR) is 134 cm³/mol. The number of halogens is 3. The van der Waals surface area contributed by atoms with E-state index in [4.69, 9.17) is 4.74 Å². The average molecular weight is 490 g/mol. The van der Waals surface area contributed by atoms with Crippen LogP contribution in [0.2, 0.25) is 0 Å². The van der Waals surface area contributed by atoms with Crippen LogP contribution in [0.25, 0.3) is 22.0 Å². The number of aryl methyl sites for hydroxylation is 1. The average Bonchev–Trinajstić information content (AvgIpc) is 2.89. The third-order valence-electron chi connectivity index (χ3n) is 6.99. The Labute approximate surface area is 207 Å². The predicted octanol–water partition coefficient (Wildman–Crippen LogP) is 7.80. The Bertz CT molecular complexity index is 1450. The first-order valence-corrected chi connectivity index (χ1v) is 12.3. The van der Waals surface area contributed by atoms with Gasteiger partial charge in [-0.25, -0.2) is 13.2 Å². The lowest BCUT2D eigenvalue weighted by Crippen LogP contribution is -2.14. The summed E-state index contributed by atoms with van der Waals surface area (Å²) in [6.45, 7) is 2.63. The number of Topliss-reactive ketones (excluding diaryl/α,β-unsaturated/α-hetero) is 1. The quantitative estimate of drug-likeness (QED) is 0.196. The van der Waals surface area contributed by atoms with Crippen LogP contribution in [0.1, 0.15) is 60.0 Å². The van der Waals surface area contributed by atoms with E-state index < -0.39 is 17.5 Å². The molecule has 184 valence electrons. The van der Waals surface area contributed by atoms with Gasteiger partial charge in [0.2, 0.25) is 0 Å². The second-order valence-corrected chi connectivity index (χ2v) is 9.14. The third-order valence-corrected chi connectivity index (χ3v) is 6.99. The number of aromatic nitrogens is 1. The van der Waals surface area contributed by atoms with Crippen molar-refractivity contribution in [3.8, 4) is 16.9 Å². The summed E-state index contributed by atoms with van der Waals surface area (Å²) in [5, 5.41) is 0.684. The smallest absolute Gasteiger partial charge is 0.166 e. The van der Waals surface area contributed by atoms with E-state index in [1.807, 2.05) is 31.2 Å². The van der Waals surface area contributed by atoms with Crippen LogP contribution in [0.3, 0.4) is 0 Å². The van der Waals surface area contributed by atoms with E-state index >= 15 is 0 Å². The molecule has 0 saturated carbocycles. The summed E-state index contributed by atoms with van der Waals surface area (Å²) in [6, 6.07) is 14.6. The van der Waals surface area contributed by atoms with Crippen molar-refractivity contribution in [1.82, 2.24) is 4.98 Å². The summed E-state index contributed by atoms with van der Waals surface area (Å²) in [6.07, 6.45) is 5.04. The molecular formula is C30H26F3NO2. The summed E-state index contributed by atoms with van der Waals surface area (Å²) < 4.78 is 48.0. The van der Waals surface area contributed by atoms with Gasteiger partial charge in [0.25, 0.3) is 0 Å². The standard InChI is InChI=1S/C30H26F3NO2/c1-2-20-22-9-6-10-23(24-15-19(31)16-26(32)29(24)33)30(22)34-17-25(20)27(35)11-5-7-18-13-14-36-28-12-4-3-8-21(18)28/h3-4,6,8-10,12,15-18H,2,5,7,11,13-14H2,1H3. The van der Waals surface area contributed by atoms with Crippen molar-refractivity contribution in [2.24, 2.45) is 0 Å². The largest absolute Gasteiger partial charge is 0.493 e. The first kappa shape index (κ1) is 24.0. The van der Waals surface area contributed by atoms with Gasteiger partial charge in [0, 0.05) is 40.8 Å². The number of hydrogen-bond acceptors (Lipinski definition) is 3. The van der Waals surface area contributed by atoms with Crippen molar-refractivity contribution >= 4 is 16.7 Å². The topological polar surface area (TPSA) is 39.2 Å². The number of benzene rings is 3. The van der Waals surface area contributed by atoms with Crippen LogP contribution in [0.15, 0.2) is 60.8 Å². The molecule has 0 amide bonds. The fourth-order valence-corrected chi connectivity index (χ4v) is 5.23. The van der Waals surface area contributed by atoms with Crippen molar-refractivity contribution in [2.45, 2.75) is 44.9 Å². The molecule has 4 aromatic rings. The lowest BCUT2D eigenvalue weighted by molar-refractivity contribution is 0.0977. The Kier molecular flexibility index (Phi) is 6.77. The number of pyridine rings is 1. The van der Waals surface area contributed by atoms with E-state index in [2.05, 4.69) is 11.1 Å². The molecule has 36 heavy (non-hydrogen) atoms. The number of rotatable bonds is 7. The minimum atomic E-state index is -1.25. The van der Waals surface area contributed by atoms with Gasteiger partial charge in [0.1, 0.15) is 11.6 Å². The van der Waals surface area contributed by atoms with Crippen molar-refractivity contribution < 1.29 is 22.7 Å². The van der Waals surface area contributed by atoms with E-state index in [1.54, 1.807) is 12.1 Å². The highest BCUT2D eigenvalue weighted by Gasteiger charge is 2.22. The van der Waals surface area contributed by atoms with Gasteiger partial charge in [-0.15, -0.1) is 0 Å². The Morgan fingerprint density at radius 3 is 2.72 bits per heavy atom. The molecule has 2 heterocycles. The maximum absolute atomic E-state index is 14.5. The maximum Gasteiger partial charge on any atom is 0.166 e. The summed E-state index contributed by atoms with van der Waals surface area (Å²) in [5.74, 6) is -1.94. The van der Waals surface area contributed by atoms with E-state index in [1.165, 1.54) is 11.8 Å². The monoisotopic (exact) mass is 489 g/mol. The number of hydrogen-bond donors (Lipinski definition) is 0. The van der Waals surface area contributed by atoms with Gasteiger partial charge >= 0.3 is 0 Å². The Morgan fingerprint density at radius 2 is 1.89 bits per heavy atom. The minimum Gasteiger partial charge on any atom is -0.493 e. The molecule has 0 saturated heterocycles. The number of ether oxygens (including phenoxy) is 1. The lowest BCUT2D eigenvalue weighted by atomic mass is 9.87. The van der Waals surface area contributed by atoms with Gasteiger partial charge in [-0.2, -0.15) is 0 Å². The Morgan fingerprint density at radius 1 is 1.06 bits per heavy atom. The second kappa shape index (κ2) is 10.1. The molecule has 0 spiro atoms. The molecule has 3 nitrogen and oxygen atoms in total. The molecule has 5 rings (SSSR count). The first-order chi connectivity index (χ1) is 17.5. The molecule has 1 aromatic heterocycles. The zero-order valence-corrected chi connectivity index (χ0v) is 20.0. The van der Waals surface area contributed by atoms with Crippen LogP contribution in [0.4, 0.5) is 13.2 Å². The molecule has 3 aromatic carbocycles. The molecule has 0 aliphatic carbocycles. The van der Waals surface area contributed by atoms with Crippen LogP contribution in [0, 0.1) is 17.5 Å². The maximum atomic E-state index is 14.5. The fraction of sp³-hybridized carbons (Fsp3) is 0.267. The van der Waals surface area contributed by atoms with E-state index in [0.717, 1.165) is 36.6 Å². The fourth-order valence-electron chi connectivity index (χ4n) is 5.23. The van der Waals surface area contributed by atoms with E-state index in [-0.39, 0.29) is 16.9 Å². The van der Waals surface area contributed by atoms with Crippen LogP contribution in [0.5, 0.6) is 5.75 Å². The van der Waals surface area contributed by atoms with Crippen LogP contribution in [-0.2, 0) is 6.42 Å². The second-order valence-electron chi connectivity index (χ2n) is 9.14. The van der Waals surface area contributed by atoms with Gasteiger partial charge in [0.05, 0.1) is 12.1 Å². The van der Waals surface area contributed by atoms with Crippen LogP contribution >= 0.6 is 0 Å². The molecule has 1 unspecified atom stereocenters. The number of ketones is 1. The minimum absolute atomic E-state index is 0.00924. The molecule has 1 aliphatic rings. The van der Waals surface area contributed by atoms with Gasteiger partial charge in [-0.3, -0.25) is 9.78 Å². The molecule has 1 aliphatic heterocycles. The van der Waals surface area contributed by atoms with Gasteiger partial charge in [-0.1, -0.05) is 43.3 Å². The molecular weight excluding hydrogens is 463 g/mol. The van der Waals surface area contributed by atoms with Gasteiger partial charge < -0.3 is 4.74 Å². The highest BCUT2D eigenvalue weighted by Crippen LogP contribution is 2.37. The van der Waals surface area contributed by atoms with Crippen molar-refractivity contribution in [3.63, 3.8) is 0 Å². The molecule has 0 radical (unpaired) electrons. The third kappa shape index (κ3) is 4.48. The first-order valence-electron chi connectivity index (χ1n) is 12.3. The number of para-hydroxylation sites is 2. The van der Waals surface area contributed by atoms with Crippen molar-refractivity contribution in [1.29, 1.82) is 0 Å². The number of carbonyl (C=O) groups is 1. The zero-order valence-electron chi connectivity index (χ0n) is 20.0. The normalized spacial score (nSPS) is 14.9. The Balaban J connectivity index is 1.40. The van der Waals surface area contributed by atoms with Crippen molar-refractivity contribution in [3.05, 3.63) is 94.9 Å². The van der Waals surface area contributed by atoms with E-state index in [9.17, 15) is 18.0 Å². The van der Waals surface area contributed by atoms with E-state index in [0.29, 0.717) is 47.9 Å². The molecule has 0 N–H and O–H groups in total. The Hall–Kier alpha value is -3.67. The number of carbonyl (C=O) groups excluding carboxylic acids is 1. The highest BCUT2D eigenvalue weighted by molar-refractivity contribution is 6.04.